The Morgan fingerprint density at radius 2 is 1.64 bits per heavy atom. The molecule has 0 atom stereocenters. The Kier molecular flexibility index (Phi) is 12.7. The second-order valence-electron chi connectivity index (χ2n) is 2.53. The van der Waals surface area contributed by atoms with Gasteiger partial charge in [-0.25, -0.2) is 0 Å². The summed E-state index contributed by atoms with van der Waals surface area (Å²) in [5.41, 5.74) is 0. The first-order valence-corrected chi connectivity index (χ1v) is 4.11. The highest BCUT2D eigenvalue weighted by Crippen LogP contribution is 1.86. The minimum atomic E-state index is -1.23. The van der Waals surface area contributed by atoms with Crippen LogP contribution in [0.2, 0.25) is 0 Å². The molecule has 0 aliphatic carbocycles. The van der Waals surface area contributed by atoms with Crippen LogP contribution < -0.4 is 0 Å². The fraction of sp³-hybridized carbons (Fsp3) is 1.00. The van der Waals surface area contributed by atoms with Gasteiger partial charge in [-0.15, -0.1) is 11.6 Å². The molecule has 0 rings (SSSR count). The zero-order valence-corrected chi connectivity index (χ0v) is 7.75. The van der Waals surface area contributed by atoms with Gasteiger partial charge >= 0.3 is 0 Å². The van der Waals surface area contributed by atoms with Crippen LogP contribution in [0.5, 0.6) is 0 Å². The van der Waals surface area contributed by atoms with Crippen molar-refractivity contribution in [3.8, 4) is 0 Å². The minimum Gasteiger partial charge on any atom is -0.396 e. The van der Waals surface area contributed by atoms with E-state index in [1.165, 1.54) is 0 Å². The van der Waals surface area contributed by atoms with Gasteiger partial charge in [0.2, 0.25) is 0 Å². The summed E-state index contributed by atoms with van der Waals surface area (Å²) in [6.07, 6.45) is -0.982. The van der Waals surface area contributed by atoms with E-state index in [4.69, 9.17) is 26.9 Å². The van der Waals surface area contributed by atoms with Crippen LogP contribution in [0.15, 0.2) is 0 Å². The fourth-order valence-electron chi connectivity index (χ4n) is 0.0976. The second-order valence-corrected chi connectivity index (χ2v) is 2.91. The van der Waals surface area contributed by atoms with Gasteiger partial charge in [-0.05, 0) is 5.92 Å². The lowest BCUT2D eigenvalue weighted by Gasteiger charge is -1.93. The molecule has 70 valence electrons. The number of aliphatic hydroxyl groups excluding tert-OH is 2. The molecule has 11 heavy (non-hydrogen) atoms. The standard InChI is InChI=1S/C4H10O.C3H7ClO2/c1-4(2)3-5;4-2-1-3(5)6/h4-5H,3H2,1-2H3;3,5-6H,1-2H2. The molecule has 0 saturated carbocycles. The van der Waals surface area contributed by atoms with Gasteiger partial charge in [0, 0.05) is 18.9 Å². The highest BCUT2D eigenvalue weighted by atomic mass is 35.5. The summed E-state index contributed by atoms with van der Waals surface area (Å²) < 4.78 is 0. The van der Waals surface area contributed by atoms with Gasteiger partial charge in [-0.2, -0.15) is 0 Å². The molecule has 0 aliphatic heterocycles. The van der Waals surface area contributed by atoms with E-state index in [2.05, 4.69) is 0 Å². The summed E-state index contributed by atoms with van der Waals surface area (Å²) in [7, 11) is 0. The van der Waals surface area contributed by atoms with Gasteiger partial charge in [0.25, 0.3) is 0 Å². The van der Waals surface area contributed by atoms with Crippen molar-refractivity contribution < 1.29 is 15.3 Å². The predicted molar refractivity (Wildman–Crippen MR) is 45.5 cm³/mol. The van der Waals surface area contributed by atoms with Crippen molar-refractivity contribution in [2.45, 2.75) is 26.6 Å². The normalized spacial score (nSPS) is 9.82. The van der Waals surface area contributed by atoms with Crippen molar-refractivity contribution in [3.63, 3.8) is 0 Å². The first kappa shape index (κ1) is 13.7. The number of rotatable bonds is 3. The first-order valence-electron chi connectivity index (χ1n) is 3.57. The number of halogens is 1. The van der Waals surface area contributed by atoms with Gasteiger partial charge in [-0.1, -0.05) is 13.8 Å². The molecule has 0 unspecified atom stereocenters. The molecule has 0 aromatic heterocycles. The average molecular weight is 185 g/mol. The third kappa shape index (κ3) is 25.4. The first-order chi connectivity index (χ1) is 5.04. The van der Waals surface area contributed by atoms with Crippen LogP contribution in [0.1, 0.15) is 20.3 Å². The molecule has 0 heterocycles. The van der Waals surface area contributed by atoms with Gasteiger partial charge in [-0.3, -0.25) is 0 Å². The lowest BCUT2D eigenvalue weighted by Crippen LogP contribution is -2.03. The third-order valence-corrected chi connectivity index (χ3v) is 0.951. The van der Waals surface area contributed by atoms with Crippen molar-refractivity contribution in [2.75, 3.05) is 12.5 Å². The maximum Gasteiger partial charge on any atom is 0.152 e. The molecular formula is C7H17ClO3. The quantitative estimate of drug-likeness (QED) is 0.444. The SMILES string of the molecule is CC(C)CO.OC(O)CCCl. The highest BCUT2D eigenvalue weighted by molar-refractivity contribution is 6.17. The molecule has 0 amide bonds. The van der Waals surface area contributed by atoms with Gasteiger partial charge in [0.1, 0.15) is 0 Å². The number of hydrogen-bond donors (Lipinski definition) is 3. The smallest absolute Gasteiger partial charge is 0.152 e. The molecule has 0 aromatic carbocycles. The average Bonchev–Trinajstić information content (AvgIpc) is 1.89. The van der Waals surface area contributed by atoms with Crippen molar-refractivity contribution in [1.29, 1.82) is 0 Å². The van der Waals surface area contributed by atoms with Crippen LogP contribution in [0.4, 0.5) is 0 Å². The van der Waals surface area contributed by atoms with E-state index in [0.717, 1.165) is 0 Å². The molecule has 0 radical (unpaired) electrons. The van der Waals surface area contributed by atoms with Crippen LogP contribution in [0, 0.1) is 5.92 Å². The van der Waals surface area contributed by atoms with Crippen molar-refractivity contribution >= 4 is 11.6 Å². The number of aliphatic hydroxyl groups is 3. The maximum absolute atomic E-state index is 8.14. The van der Waals surface area contributed by atoms with Gasteiger partial charge in [0.05, 0.1) is 0 Å². The molecule has 0 aliphatic rings. The second kappa shape index (κ2) is 10.2. The summed E-state index contributed by atoms with van der Waals surface area (Å²) in [6.45, 7) is 4.25. The van der Waals surface area contributed by atoms with Crippen LogP contribution >= 0.6 is 11.6 Å². The molecular weight excluding hydrogens is 168 g/mol. The molecule has 3 nitrogen and oxygen atoms in total. The molecule has 3 N–H and O–H groups in total. The van der Waals surface area contributed by atoms with E-state index in [9.17, 15) is 0 Å². The third-order valence-electron chi connectivity index (χ3n) is 0.732. The van der Waals surface area contributed by atoms with E-state index < -0.39 is 6.29 Å². The Hall–Kier alpha value is 0.170. The summed E-state index contributed by atoms with van der Waals surface area (Å²) in [6, 6.07) is 0. The Morgan fingerprint density at radius 3 is 1.64 bits per heavy atom. The molecule has 0 spiro atoms. The summed E-state index contributed by atoms with van der Waals surface area (Å²) in [5, 5.41) is 24.2. The largest absolute Gasteiger partial charge is 0.396 e. The molecule has 0 saturated heterocycles. The van der Waals surface area contributed by atoms with Crippen molar-refractivity contribution in [2.24, 2.45) is 5.92 Å². The predicted octanol–water partition coefficient (Wildman–Crippen LogP) is 0.561. The molecule has 0 aromatic rings. The number of hydrogen-bond acceptors (Lipinski definition) is 3. The molecule has 4 heteroatoms. The summed E-state index contributed by atoms with van der Waals surface area (Å²) in [5.74, 6) is 0.743. The monoisotopic (exact) mass is 184 g/mol. The van der Waals surface area contributed by atoms with Crippen LogP contribution in [-0.2, 0) is 0 Å². The van der Waals surface area contributed by atoms with Crippen molar-refractivity contribution in [3.05, 3.63) is 0 Å². The summed E-state index contributed by atoms with van der Waals surface area (Å²) in [4.78, 5) is 0. The fourth-order valence-corrected chi connectivity index (χ4v) is 0.293. The zero-order valence-electron chi connectivity index (χ0n) is 7.00. The van der Waals surface area contributed by atoms with Gasteiger partial charge < -0.3 is 15.3 Å². The van der Waals surface area contributed by atoms with E-state index in [1.807, 2.05) is 13.8 Å². The Morgan fingerprint density at radius 1 is 1.27 bits per heavy atom. The lowest BCUT2D eigenvalue weighted by atomic mass is 10.2. The molecule has 0 fully saturated rings. The summed E-state index contributed by atoms with van der Waals surface area (Å²) >= 11 is 5.08. The topological polar surface area (TPSA) is 60.7 Å². The van der Waals surface area contributed by atoms with Gasteiger partial charge in [0.15, 0.2) is 6.29 Å². The van der Waals surface area contributed by atoms with E-state index >= 15 is 0 Å². The van der Waals surface area contributed by atoms with Crippen LogP contribution in [0.3, 0.4) is 0 Å². The van der Waals surface area contributed by atoms with Crippen molar-refractivity contribution in [1.82, 2.24) is 0 Å². The maximum atomic E-state index is 8.14. The lowest BCUT2D eigenvalue weighted by molar-refractivity contribution is -0.0406. The van der Waals surface area contributed by atoms with E-state index in [0.29, 0.717) is 18.4 Å². The highest BCUT2D eigenvalue weighted by Gasteiger charge is 1.90. The van der Waals surface area contributed by atoms with E-state index in [1.54, 1.807) is 0 Å². The number of alkyl halides is 1. The minimum absolute atomic E-state index is 0.252. The Bertz CT molecular complexity index is 66.7. The van der Waals surface area contributed by atoms with Crippen LogP contribution in [0.25, 0.3) is 0 Å². The Labute approximate surface area is 72.6 Å². The van der Waals surface area contributed by atoms with E-state index in [-0.39, 0.29) is 6.42 Å². The zero-order chi connectivity index (χ0) is 9.28. The van der Waals surface area contributed by atoms with Crippen LogP contribution in [-0.4, -0.2) is 34.1 Å². The molecule has 0 bridgehead atoms. The Balaban J connectivity index is 0.